The molecule has 0 amide bonds. The van der Waals surface area contributed by atoms with Crippen LogP contribution in [-0.2, 0) is 19.0 Å². The number of nitrogens with zero attached hydrogens (tertiary/aromatic N) is 2. The van der Waals surface area contributed by atoms with Gasteiger partial charge in [-0.25, -0.2) is 0 Å². The first-order chi connectivity index (χ1) is 13.5. The molecule has 0 bridgehead atoms. The lowest BCUT2D eigenvalue weighted by molar-refractivity contribution is -0.286. The summed E-state index contributed by atoms with van der Waals surface area (Å²) in [6, 6.07) is 0. The van der Waals surface area contributed by atoms with Crippen LogP contribution in [0.2, 0.25) is 0 Å². The van der Waals surface area contributed by atoms with Crippen LogP contribution in [0.5, 0.6) is 0 Å². The molecule has 0 atom stereocenters. The second-order valence-corrected chi connectivity index (χ2v) is 11.3. The highest BCUT2D eigenvalue weighted by Crippen LogP contribution is 2.42. The number of hydrogen-bond acceptors (Lipinski definition) is 6. The van der Waals surface area contributed by atoms with Crippen LogP contribution < -0.4 is 0 Å². The van der Waals surface area contributed by atoms with Gasteiger partial charge in [0, 0.05) is 57.0 Å². The first kappa shape index (κ1) is 23.4. The molecule has 0 N–H and O–H groups in total. The van der Waals surface area contributed by atoms with E-state index in [1.807, 2.05) is 0 Å². The van der Waals surface area contributed by atoms with Gasteiger partial charge in [0.1, 0.15) is 0 Å². The Balaban J connectivity index is 1.06. The second-order valence-electron chi connectivity index (χ2n) is 11.3. The van der Waals surface area contributed by atoms with Gasteiger partial charge in [-0.3, -0.25) is 9.74 Å². The summed E-state index contributed by atoms with van der Waals surface area (Å²) >= 11 is 0. The first-order valence-electron chi connectivity index (χ1n) is 11.5. The van der Waals surface area contributed by atoms with Gasteiger partial charge in [-0.1, -0.05) is 0 Å². The van der Waals surface area contributed by atoms with Crippen LogP contribution >= 0.6 is 0 Å². The van der Waals surface area contributed by atoms with Gasteiger partial charge in [-0.2, -0.15) is 5.06 Å². The van der Waals surface area contributed by atoms with Crippen molar-refractivity contribution >= 4 is 0 Å². The van der Waals surface area contributed by atoms with Crippen molar-refractivity contribution < 1.29 is 19.0 Å². The van der Waals surface area contributed by atoms with Crippen molar-refractivity contribution in [1.82, 2.24) is 9.96 Å². The van der Waals surface area contributed by atoms with Crippen molar-refractivity contribution in [2.75, 3.05) is 52.6 Å². The van der Waals surface area contributed by atoms with Crippen LogP contribution in [0.25, 0.3) is 0 Å². The third-order valence-corrected chi connectivity index (χ3v) is 6.09. The topological polar surface area (TPSA) is 43.4 Å². The van der Waals surface area contributed by atoms with Crippen molar-refractivity contribution in [3.63, 3.8) is 0 Å². The van der Waals surface area contributed by atoms with Gasteiger partial charge in [0.05, 0.1) is 24.4 Å². The minimum absolute atomic E-state index is 0.0467. The predicted molar refractivity (Wildman–Crippen MR) is 115 cm³/mol. The van der Waals surface area contributed by atoms with E-state index in [2.05, 4.69) is 51.5 Å². The van der Waals surface area contributed by atoms with Gasteiger partial charge in [-0.15, -0.1) is 0 Å². The zero-order chi connectivity index (χ0) is 21.1. The molecule has 0 aromatic rings. The summed E-state index contributed by atoms with van der Waals surface area (Å²) in [5.41, 5.74) is 0.758. The Kier molecular flexibility index (Phi) is 7.67. The molecule has 1 aliphatic carbocycles. The van der Waals surface area contributed by atoms with E-state index in [1.165, 1.54) is 13.1 Å². The lowest BCUT2D eigenvalue weighted by Crippen LogP contribution is -2.74. The SMILES string of the molecule is CC(C)(C)OC1CC(OCCCOCCCON2CC3(C2)CN(C(C)(C)C)C3)C1. The highest BCUT2D eigenvalue weighted by Gasteiger charge is 2.54. The summed E-state index contributed by atoms with van der Waals surface area (Å²) in [5.74, 6) is 0. The molecule has 6 nitrogen and oxygen atoms in total. The van der Waals surface area contributed by atoms with Crippen molar-refractivity contribution in [3.05, 3.63) is 0 Å². The lowest BCUT2D eigenvalue weighted by atomic mass is 9.72. The van der Waals surface area contributed by atoms with Crippen LogP contribution in [0.15, 0.2) is 0 Å². The van der Waals surface area contributed by atoms with Crippen LogP contribution in [0.3, 0.4) is 0 Å². The average molecular weight is 413 g/mol. The van der Waals surface area contributed by atoms with E-state index >= 15 is 0 Å². The molecular weight excluding hydrogens is 368 g/mol. The van der Waals surface area contributed by atoms with Crippen molar-refractivity contribution in [2.45, 2.75) is 90.6 Å². The van der Waals surface area contributed by atoms with E-state index in [0.29, 0.717) is 23.2 Å². The maximum atomic E-state index is 5.93. The fraction of sp³-hybridized carbons (Fsp3) is 1.00. The Morgan fingerprint density at radius 1 is 0.793 bits per heavy atom. The highest BCUT2D eigenvalue weighted by atomic mass is 16.7. The maximum absolute atomic E-state index is 5.93. The molecule has 2 aliphatic heterocycles. The molecule has 0 unspecified atom stereocenters. The minimum atomic E-state index is -0.0467. The molecule has 170 valence electrons. The van der Waals surface area contributed by atoms with Crippen LogP contribution in [0.4, 0.5) is 0 Å². The van der Waals surface area contributed by atoms with E-state index in [4.69, 9.17) is 19.0 Å². The van der Waals surface area contributed by atoms with Gasteiger partial charge < -0.3 is 14.2 Å². The molecule has 1 spiro atoms. The van der Waals surface area contributed by atoms with Crippen molar-refractivity contribution in [1.29, 1.82) is 0 Å². The molecule has 0 aromatic carbocycles. The van der Waals surface area contributed by atoms with Gasteiger partial charge >= 0.3 is 0 Å². The number of ether oxygens (including phenoxy) is 3. The second kappa shape index (κ2) is 9.49. The Hall–Kier alpha value is -0.240. The molecule has 0 aromatic heterocycles. The molecule has 3 rings (SSSR count). The summed E-state index contributed by atoms with van der Waals surface area (Å²) < 4.78 is 17.5. The third-order valence-electron chi connectivity index (χ3n) is 6.09. The van der Waals surface area contributed by atoms with E-state index < -0.39 is 0 Å². The van der Waals surface area contributed by atoms with Crippen LogP contribution in [-0.4, -0.2) is 85.9 Å². The Morgan fingerprint density at radius 3 is 2.00 bits per heavy atom. The summed E-state index contributed by atoms with van der Waals surface area (Å²) in [6.45, 7) is 20.9. The molecule has 2 saturated heterocycles. The number of hydrogen-bond donors (Lipinski definition) is 0. The number of hydroxylamine groups is 2. The van der Waals surface area contributed by atoms with Crippen LogP contribution in [0, 0.1) is 5.41 Å². The fourth-order valence-electron chi connectivity index (χ4n) is 4.35. The summed E-state index contributed by atoms with van der Waals surface area (Å²) in [6.07, 6.45) is 4.72. The van der Waals surface area contributed by atoms with E-state index in [1.54, 1.807) is 0 Å². The first-order valence-corrected chi connectivity index (χ1v) is 11.5. The number of rotatable bonds is 11. The van der Waals surface area contributed by atoms with Gasteiger partial charge in [0.2, 0.25) is 0 Å². The molecular formula is C23H44N2O4. The largest absolute Gasteiger partial charge is 0.381 e. The predicted octanol–water partition coefficient (Wildman–Crippen LogP) is 3.49. The van der Waals surface area contributed by atoms with Gasteiger partial charge in [0.15, 0.2) is 0 Å². The summed E-state index contributed by atoms with van der Waals surface area (Å²) in [7, 11) is 0. The Labute approximate surface area is 178 Å². The van der Waals surface area contributed by atoms with Crippen molar-refractivity contribution in [2.24, 2.45) is 5.41 Å². The van der Waals surface area contributed by atoms with Crippen LogP contribution in [0.1, 0.15) is 67.2 Å². The molecule has 1 saturated carbocycles. The molecule has 2 heterocycles. The minimum Gasteiger partial charge on any atom is -0.381 e. The summed E-state index contributed by atoms with van der Waals surface area (Å²) in [5, 5.41) is 2.13. The van der Waals surface area contributed by atoms with E-state index in [9.17, 15) is 0 Å². The Morgan fingerprint density at radius 2 is 1.41 bits per heavy atom. The molecule has 29 heavy (non-hydrogen) atoms. The standard InChI is InChI=1S/C23H44N2O4/c1-21(2,3)24-15-23(16-24)17-25(18-23)28-12-8-10-26-9-7-11-27-19-13-20(14-19)29-22(4,5)6/h19-20H,7-18H2,1-6H3. The highest BCUT2D eigenvalue weighted by molar-refractivity contribution is 5.06. The van der Waals surface area contributed by atoms with E-state index in [-0.39, 0.29) is 5.60 Å². The monoisotopic (exact) mass is 412 g/mol. The normalized spacial score (nSPS) is 27.5. The average Bonchev–Trinajstić information content (AvgIpc) is 2.47. The number of likely N-dealkylation sites (tertiary alicyclic amines) is 1. The van der Waals surface area contributed by atoms with Crippen molar-refractivity contribution in [3.8, 4) is 0 Å². The lowest BCUT2D eigenvalue weighted by Gasteiger charge is -2.62. The van der Waals surface area contributed by atoms with Gasteiger partial charge in [0.25, 0.3) is 0 Å². The smallest absolute Gasteiger partial charge is 0.0707 e. The molecule has 0 radical (unpaired) electrons. The quantitative estimate of drug-likeness (QED) is 0.484. The zero-order valence-electron chi connectivity index (χ0n) is 19.7. The molecule has 3 fully saturated rings. The Bertz CT molecular complexity index is 494. The summed E-state index contributed by atoms with van der Waals surface area (Å²) in [4.78, 5) is 8.41. The van der Waals surface area contributed by atoms with Gasteiger partial charge in [-0.05, 0) is 67.2 Å². The maximum Gasteiger partial charge on any atom is 0.0707 e. The third kappa shape index (κ3) is 7.15. The molecule has 6 heteroatoms. The zero-order valence-corrected chi connectivity index (χ0v) is 19.7. The van der Waals surface area contributed by atoms with E-state index in [0.717, 1.165) is 65.2 Å². The molecule has 3 aliphatic rings. The fourth-order valence-corrected chi connectivity index (χ4v) is 4.35.